The number of ether oxygens (including phenoxy) is 2. The molecule has 0 amide bonds. The smallest absolute Gasteiger partial charge is 0.335 e. The lowest BCUT2D eigenvalue weighted by atomic mass is 9.99. The maximum atomic E-state index is 11.6. The normalized spacial score (nSPS) is 17.5. The molecule has 0 unspecified atom stereocenters. The number of hydrogen-bond acceptors (Lipinski definition) is 6. The van der Waals surface area contributed by atoms with Gasteiger partial charge in [-0.25, -0.2) is 9.78 Å². The van der Waals surface area contributed by atoms with Crippen LogP contribution in [0.2, 0.25) is 0 Å². The number of aromatic carboxylic acids is 1. The third kappa shape index (κ3) is 4.69. The van der Waals surface area contributed by atoms with Crippen molar-refractivity contribution < 1.29 is 19.4 Å². The summed E-state index contributed by atoms with van der Waals surface area (Å²) in [5.41, 5.74) is 5.65. The van der Waals surface area contributed by atoms with Crippen LogP contribution in [0, 0.1) is 0 Å². The second kappa shape index (κ2) is 9.72. The first-order valence-corrected chi connectivity index (χ1v) is 12.3. The monoisotopic (exact) mass is 484 g/mol. The van der Waals surface area contributed by atoms with Crippen molar-refractivity contribution in [1.82, 2.24) is 19.4 Å². The molecule has 4 heterocycles. The Morgan fingerprint density at radius 1 is 1.11 bits per heavy atom. The van der Waals surface area contributed by atoms with Crippen LogP contribution in [0.3, 0.4) is 0 Å². The molecule has 2 aromatic carbocycles. The fourth-order valence-corrected chi connectivity index (χ4v) is 4.92. The van der Waals surface area contributed by atoms with E-state index < -0.39 is 5.97 Å². The van der Waals surface area contributed by atoms with Crippen LogP contribution in [0.4, 0.5) is 0 Å². The second-order valence-corrected chi connectivity index (χ2v) is 9.46. The minimum atomic E-state index is -0.930. The molecular formula is C28H28N4O4. The first kappa shape index (κ1) is 22.7. The van der Waals surface area contributed by atoms with E-state index in [-0.39, 0.29) is 11.7 Å². The lowest BCUT2D eigenvalue weighted by Gasteiger charge is -2.30. The van der Waals surface area contributed by atoms with Gasteiger partial charge in [-0.05, 0) is 72.0 Å². The molecule has 1 N–H and O–H groups in total. The fourth-order valence-electron chi connectivity index (χ4n) is 4.92. The first-order chi connectivity index (χ1) is 17.6. The molecule has 8 nitrogen and oxygen atoms in total. The van der Waals surface area contributed by atoms with E-state index in [9.17, 15) is 9.90 Å². The maximum Gasteiger partial charge on any atom is 0.335 e. The quantitative estimate of drug-likeness (QED) is 0.403. The van der Waals surface area contributed by atoms with Gasteiger partial charge in [0.05, 0.1) is 35.8 Å². The van der Waals surface area contributed by atoms with Crippen molar-refractivity contribution in [3.8, 4) is 5.75 Å². The number of fused-ring (bicyclic) bond motifs is 2. The molecule has 184 valence electrons. The molecule has 4 aromatic rings. The zero-order valence-corrected chi connectivity index (χ0v) is 20.0. The van der Waals surface area contributed by atoms with Crippen LogP contribution in [-0.4, -0.2) is 49.8 Å². The fraction of sp³-hybridized carbons (Fsp3) is 0.321. The number of imidazole rings is 1. The summed E-state index contributed by atoms with van der Waals surface area (Å²) in [6.45, 7) is 4.41. The Balaban J connectivity index is 1.21. The molecule has 0 aliphatic carbocycles. The van der Waals surface area contributed by atoms with Gasteiger partial charge < -0.3 is 19.1 Å². The largest absolute Gasteiger partial charge is 0.489 e. The highest BCUT2D eigenvalue weighted by atomic mass is 16.5. The molecule has 2 aliphatic heterocycles. The molecule has 0 spiro atoms. The summed E-state index contributed by atoms with van der Waals surface area (Å²) in [6.07, 6.45) is 5.68. The number of aromatic nitrogens is 3. The molecule has 0 saturated carbocycles. The van der Waals surface area contributed by atoms with Crippen LogP contribution in [0.15, 0.2) is 60.9 Å². The molecule has 2 aliphatic rings. The van der Waals surface area contributed by atoms with Crippen LogP contribution < -0.4 is 4.74 Å². The van der Waals surface area contributed by atoms with Gasteiger partial charge in [-0.3, -0.25) is 9.88 Å². The number of carboxylic acids is 1. The third-order valence-electron chi connectivity index (χ3n) is 7.04. The zero-order valence-electron chi connectivity index (χ0n) is 20.0. The van der Waals surface area contributed by atoms with Gasteiger partial charge in [0.15, 0.2) is 0 Å². The molecule has 36 heavy (non-hydrogen) atoms. The Bertz CT molecular complexity index is 1400. The lowest BCUT2D eigenvalue weighted by Crippen LogP contribution is -2.34. The summed E-state index contributed by atoms with van der Waals surface area (Å²) in [5.74, 6) is 0.875. The van der Waals surface area contributed by atoms with E-state index >= 15 is 0 Å². The molecule has 0 bridgehead atoms. The summed E-state index contributed by atoms with van der Waals surface area (Å²) in [7, 11) is 0. The number of carboxylic acid groups (broad SMARTS) is 1. The maximum absolute atomic E-state index is 11.6. The topological polar surface area (TPSA) is 89.7 Å². The van der Waals surface area contributed by atoms with E-state index in [1.807, 2.05) is 18.2 Å². The predicted molar refractivity (Wildman–Crippen MR) is 134 cm³/mol. The summed E-state index contributed by atoms with van der Waals surface area (Å²) < 4.78 is 13.9. The molecule has 2 aromatic heterocycles. The highest BCUT2D eigenvalue weighted by Crippen LogP contribution is 2.27. The van der Waals surface area contributed by atoms with E-state index in [4.69, 9.17) is 14.5 Å². The summed E-state index contributed by atoms with van der Waals surface area (Å²) in [6, 6.07) is 15.4. The van der Waals surface area contributed by atoms with Gasteiger partial charge in [-0.2, -0.15) is 0 Å². The zero-order chi connectivity index (χ0) is 24.5. The van der Waals surface area contributed by atoms with Crippen molar-refractivity contribution in [2.24, 2.45) is 0 Å². The highest BCUT2D eigenvalue weighted by Gasteiger charge is 2.24. The van der Waals surface area contributed by atoms with E-state index in [0.717, 1.165) is 60.7 Å². The number of benzene rings is 2. The summed E-state index contributed by atoms with van der Waals surface area (Å²) in [4.78, 5) is 22.9. The Kier molecular flexibility index (Phi) is 6.13. The van der Waals surface area contributed by atoms with Crippen LogP contribution >= 0.6 is 0 Å². The van der Waals surface area contributed by atoms with E-state index in [1.165, 1.54) is 11.1 Å². The van der Waals surface area contributed by atoms with Crippen molar-refractivity contribution in [2.75, 3.05) is 13.2 Å². The number of hydrogen-bond donors (Lipinski definition) is 1. The minimum absolute atomic E-state index is 0.150. The Morgan fingerprint density at radius 2 is 1.97 bits per heavy atom. The average Bonchev–Trinajstić information content (AvgIpc) is 3.21. The molecule has 1 fully saturated rings. The standard InChI is InChI=1S/C28H28N4O4/c33-28(34)21-2-4-25-26(14-21)32(16-24-8-12-35-24)27(30-25)17-31-11-7-20-1-3-23(13-22(20)15-31)36-18-19-5-9-29-10-6-19/h1-6,9-10,13-14,24H,7-8,11-12,15-18H2,(H,33,34)/t24-/m0/s1. The number of rotatable bonds is 8. The van der Waals surface area contributed by atoms with Crippen LogP contribution in [0.5, 0.6) is 5.75 Å². The second-order valence-electron chi connectivity index (χ2n) is 9.46. The first-order valence-electron chi connectivity index (χ1n) is 12.3. The van der Waals surface area contributed by atoms with Gasteiger partial charge in [0.25, 0.3) is 0 Å². The van der Waals surface area contributed by atoms with Gasteiger partial charge in [0.1, 0.15) is 18.2 Å². The molecule has 0 radical (unpaired) electrons. The molecular weight excluding hydrogens is 456 g/mol. The summed E-state index contributed by atoms with van der Waals surface area (Å²) >= 11 is 0. The minimum Gasteiger partial charge on any atom is -0.489 e. The predicted octanol–water partition coefficient (Wildman–Crippen LogP) is 4.06. The van der Waals surface area contributed by atoms with E-state index in [2.05, 4.69) is 26.6 Å². The van der Waals surface area contributed by atoms with Gasteiger partial charge in [0.2, 0.25) is 0 Å². The van der Waals surface area contributed by atoms with Crippen LogP contribution in [0.1, 0.15) is 39.3 Å². The molecule has 6 rings (SSSR count). The van der Waals surface area contributed by atoms with Gasteiger partial charge in [-0.1, -0.05) is 6.07 Å². The van der Waals surface area contributed by atoms with Crippen molar-refractivity contribution in [2.45, 2.75) is 45.2 Å². The molecule has 1 saturated heterocycles. The highest BCUT2D eigenvalue weighted by molar-refractivity contribution is 5.92. The average molecular weight is 485 g/mol. The molecule has 8 heteroatoms. The van der Waals surface area contributed by atoms with E-state index in [0.29, 0.717) is 19.7 Å². The summed E-state index contributed by atoms with van der Waals surface area (Å²) in [5, 5.41) is 9.49. The van der Waals surface area contributed by atoms with Gasteiger partial charge in [0, 0.05) is 32.1 Å². The van der Waals surface area contributed by atoms with E-state index in [1.54, 1.807) is 30.6 Å². The van der Waals surface area contributed by atoms with Crippen LogP contribution in [-0.2, 0) is 37.4 Å². The number of pyridine rings is 1. The van der Waals surface area contributed by atoms with Crippen molar-refractivity contribution >= 4 is 17.0 Å². The lowest BCUT2D eigenvalue weighted by molar-refractivity contribution is -0.0592. The third-order valence-corrected chi connectivity index (χ3v) is 7.04. The Labute approximate surface area is 209 Å². The van der Waals surface area contributed by atoms with Crippen molar-refractivity contribution in [3.63, 3.8) is 0 Å². The van der Waals surface area contributed by atoms with Crippen molar-refractivity contribution in [1.29, 1.82) is 0 Å². The van der Waals surface area contributed by atoms with Crippen LogP contribution in [0.25, 0.3) is 11.0 Å². The number of nitrogens with zero attached hydrogens (tertiary/aromatic N) is 4. The van der Waals surface area contributed by atoms with Crippen molar-refractivity contribution in [3.05, 3.63) is 89.0 Å². The number of carbonyl (C=O) groups is 1. The van der Waals surface area contributed by atoms with Gasteiger partial charge in [-0.15, -0.1) is 0 Å². The molecule has 1 atom stereocenters. The Morgan fingerprint density at radius 3 is 2.75 bits per heavy atom. The SMILES string of the molecule is O=C(O)c1ccc2nc(CN3CCc4ccc(OCc5ccncc5)cc4C3)n(C[C@@H]3CCO3)c2c1. The Hall–Kier alpha value is -3.75. The van der Waals surface area contributed by atoms with Gasteiger partial charge >= 0.3 is 5.97 Å².